The van der Waals surface area contributed by atoms with E-state index >= 15 is 0 Å². The Balaban J connectivity index is 2.53. The highest BCUT2D eigenvalue weighted by Gasteiger charge is 2.38. The van der Waals surface area contributed by atoms with Crippen LogP contribution in [0.4, 0.5) is 0 Å². The van der Waals surface area contributed by atoms with Crippen LogP contribution in [-0.2, 0) is 9.63 Å². The lowest BCUT2D eigenvalue weighted by molar-refractivity contribution is -0.189. The van der Waals surface area contributed by atoms with E-state index in [-0.39, 0.29) is 30.0 Å². The maximum atomic E-state index is 11.6. The molecule has 4 heteroatoms. The number of rotatable bonds is 3. The summed E-state index contributed by atoms with van der Waals surface area (Å²) in [6.07, 6.45) is 0.401. The minimum atomic E-state index is -0.0455. The van der Waals surface area contributed by atoms with Gasteiger partial charge in [-0.05, 0) is 11.3 Å². The summed E-state index contributed by atoms with van der Waals surface area (Å²) in [5.41, 5.74) is -0.0210. The van der Waals surface area contributed by atoms with E-state index in [0.717, 1.165) is 0 Å². The van der Waals surface area contributed by atoms with Crippen LogP contribution in [0.1, 0.15) is 34.1 Å². The highest BCUT2D eigenvalue weighted by molar-refractivity contribution is 5.77. The highest BCUT2D eigenvalue weighted by atomic mass is 16.7. The van der Waals surface area contributed by atoms with Crippen LogP contribution in [0.5, 0.6) is 0 Å². The molecule has 0 aromatic rings. The molecular formula is C11H21NO3. The molecule has 1 fully saturated rings. The molecule has 88 valence electrons. The first kappa shape index (κ1) is 12.5. The SMILES string of the molecule is CC(CO)CN1OC(C(C)(C)C)CC1=O. The molecule has 4 nitrogen and oxygen atoms in total. The van der Waals surface area contributed by atoms with Crippen LogP contribution in [0.15, 0.2) is 0 Å². The fourth-order valence-corrected chi connectivity index (χ4v) is 1.46. The van der Waals surface area contributed by atoms with Gasteiger partial charge in [-0.1, -0.05) is 27.7 Å². The number of carbonyl (C=O) groups excluding carboxylic acids is 1. The third kappa shape index (κ3) is 3.18. The molecule has 0 aromatic heterocycles. The second-order valence-electron chi connectivity index (χ2n) is 5.41. The van der Waals surface area contributed by atoms with Crippen LogP contribution < -0.4 is 0 Å². The molecule has 1 saturated heterocycles. The van der Waals surface area contributed by atoms with Crippen LogP contribution >= 0.6 is 0 Å². The average molecular weight is 215 g/mol. The van der Waals surface area contributed by atoms with Gasteiger partial charge in [0.05, 0.1) is 19.1 Å². The predicted octanol–water partition coefficient (Wildman–Crippen LogP) is 1.19. The summed E-state index contributed by atoms with van der Waals surface area (Å²) in [6, 6.07) is 0. The summed E-state index contributed by atoms with van der Waals surface area (Å²) in [6.45, 7) is 8.62. The van der Waals surface area contributed by atoms with Crippen molar-refractivity contribution >= 4 is 5.91 Å². The first-order valence-electron chi connectivity index (χ1n) is 5.42. The number of carbonyl (C=O) groups is 1. The molecule has 0 radical (unpaired) electrons. The van der Waals surface area contributed by atoms with E-state index < -0.39 is 0 Å². The van der Waals surface area contributed by atoms with Gasteiger partial charge in [0.1, 0.15) is 0 Å². The molecule has 2 unspecified atom stereocenters. The number of hydrogen-bond acceptors (Lipinski definition) is 3. The Bertz CT molecular complexity index is 234. The maximum Gasteiger partial charge on any atom is 0.248 e. The molecule has 15 heavy (non-hydrogen) atoms. The van der Waals surface area contributed by atoms with Crippen LogP contribution in [0.2, 0.25) is 0 Å². The second-order valence-corrected chi connectivity index (χ2v) is 5.41. The zero-order chi connectivity index (χ0) is 11.6. The fourth-order valence-electron chi connectivity index (χ4n) is 1.46. The summed E-state index contributed by atoms with van der Waals surface area (Å²) in [7, 11) is 0. The summed E-state index contributed by atoms with van der Waals surface area (Å²) >= 11 is 0. The summed E-state index contributed by atoms with van der Waals surface area (Å²) < 4.78 is 0. The minimum absolute atomic E-state index is 0.0210. The Morgan fingerprint density at radius 1 is 1.60 bits per heavy atom. The van der Waals surface area contributed by atoms with Crippen molar-refractivity contribution in [3.8, 4) is 0 Å². The molecule has 2 atom stereocenters. The lowest BCUT2D eigenvalue weighted by atomic mass is 9.87. The summed E-state index contributed by atoms with van der Waals surface area (Å²) in [4.78, 5) is 17.2. The number of aliphatic hydroxyl groups is 1. The number of amides is 1. The smallest absolute Gasteiger partial charge is 0.248 e. The molecule has 1 aliphatic rings. The number of hydroxylamine groups is 2. The van der Waals surface area contributed by atoms with Crippen molar-refractivity contribution in [1.82, 2.24) is 5.06 Å². The van der Waals surface area contributed by atoms with Crippen molar-refractivity contribution in [2.45, 2.75) is 40.2 Å². The van der Waals surface area contributed by atoms with E-state index in [0.29, 0.717) is 13.0 Å². The molecule has 0 spiro atoms. The molecule has 1 aliphatic heterocycles. The number of nitrogens with zero attached hydrogens (tertiary/aromatic N) is 1. The van der Waals surface area contributed by atoms with Gasteiger partial charge < -0.3 is 5.11 Å². The minimum Gasteiger partial charge on any atom is -0.396 e. The molecule has 1 rings (SSSR count). The summed E-state index contributed by atoms with van der Waals surface area (Å²) in [5, 5.41) is 10.3. The number of aliphatic hydroxyl groups excluding tert-OH is 1. The molecular weight excluding hydrogens is 194 g/mol. The Kier molecular flexibility index (Phi) is 3.73. The third-order valence-corrected chi connectivity index (χ3v) is 2.65. The molecule has 0 bridgehead atoms. The van der Waals surface area contributed by atoms with Gasteiger partial charge in [-0.15, -0.1) is 0 Å². The van der Waals surface area contributed by atoms with Crippen molar-refractivity contribution in [1.29, 1.82) is 0 Å². The fraction of sp³-hybridized carbons (Fsp3) is 0.909. The zero-order valence-corrected chi connectivity index (χ0v) is 9.99. The monoisotopic (exact) mass is 215 g/mol. The van der Waals surface area contributed by atoms with E-state index in [1.54, 1.807) is 0 Å². The molecule has 1 amide bonds. The van der Waals surface area contributed by atoms with E-state index in [1.165, 1.54) is 5.06 Å². The van der Waals surface area contributed by atoms with E-state index in [4.69, 9.17) is 9.94 Å². The van der Waals surface area contributed by atoms with Crippen LogP contribution in [0.25, 0.3) is 0 Å². The molecule has 0 aromatic carbocycles. The predicted molar refractivity (Wildman–Crippen MR) is 56.9 cm³/mol. The lowest BCUT2D eigenvalue weighted by Gasteiger charge is -2.26. The van der Waals surface area contributed by atoms with Gasteiger partial charge in [-0.3, -0.25) is 9.63 Å². The highest BCUT2D eigenvalue weighted by Crippen LogP contribution is 2.31. The summed E-state index contributed by atoms with van der Waals surface area (Å²) in [5.74, 6) is 0.0860. The van der Waals surface area contributed by atoms with Gasteiger partial charge in [0.15, 0.2) is 0 Å². The molecule has 0 saturated carbocycles. The van der Waals surface area contributed by atoms with Gasteiger partial charge >= 0.3 is 0 Å². The first-order chi connectivity index (χ1) is 6.84. The second kappa shape index (κ2) is 4.49. The van der Waals surface area contributed by atoms with Gasteiger partial charge in [0.2, 0.25) is 5.91 Å². The van der Waals surface area contributed by atoms with Crippen LogP contribution in [0, 0.1) is 11.3 Å². The Morgan fingerprint density at radius 3 is 2.60 bits per heavy atom. The molecule has 0 aliphatic carbocycles. The van der Waals surface area contributed by atoms with Gasteiger partial charge in [-0.2, -0.15) is 0 Å². The van der Waals surface area contributed by atoms with E-state index in [2.05, 4.69) is 20.8 Å². The average Bonchev–Trinajstić information content (AvgIpc) is 2.47. The quantitative estimate of drug-likeness (QED) is 0.769. The van der Waals surface area contributed by atoms with E-state index in [1.807, 2.05) is 6.92 Å². The van der Waals surface area contributed by atoms with Crippen molar-refractivity contribution in [2.24, 2.45) is 11.3 Å². The van der Waals surface area contributed by atoms with Crippen molar-refractivity contribution in [2.75, 3.05) is 13.2 Å². The van der Waals surface area contributed by atoms with Crippen molar-refractivity contribution < 1.29 is 14.7 Å². The normalized spacial score (nSPS) is 24.7. The molecule has 1 heterocycles. The van der Waals surface area contributed by atoms with Gasteiger partial charge in [0, 0.05) is 6.61 Å². The number of hydrogen-bond donors (Lipinski definition) is 1. The molecule has 1 N–H and O–H groups in total. The lowest BCUT2D eigenvalue weighted by Crippen LogP contribution is -2.32. The Morgan fingerprint density at radius 2 is 2.20 bits per heavy atom. The maximum absolute atomic E-state index is 11.6. The third-order valence-electron chi connectivity index (χ3n) is 2.65. The Labute approximate surface area is 91.2 Å². The van der Waals surface area contributed by atoms with Gasteiger partial charge in [0.25, 0.3) is 0 Å². The standard InChI is InChI=1S/C11H21NO3/c1-8(7-13)6-12-10(14)5-9(15-12)11(2,3)4/h8-9,13H,5-7H2,1-4H3. The van der Waals surface area contributed by atoms with E-state index in [9.17, 15) is 4.79 Å². The van der Waals surface area contributed by atoms with Crippen molar-refractivity contribution in [3.05, 3.63) is 0 Å². The van der Waals surface area contributed by atoms with Crippen molar-refractivity contribution in [3.63, 3.8) is 0 Å². The van der Waals surface area contributed by atoms with Crippen LogP contribution in [0.3, 0.4) is 0 Å². The Hall–Kier alpha value is -0.610. The topological polar surface area (TPSA) is 49.8 Å². The largest absolute Gasteiger partial charge is 0.396 e. The van der Waals surface area contributed by atoms with Crippen LogP contribution in [-0.4, -0.2) is 35.3 Å². The first-order valence-corrected chi connectivity index (χ1v) is 5.42. The zero-order valence-electron chi connectivity index (χ0n) is 9.99. The van der Waals surface area contributed by atoms with Gasteiger partial charge in [-0.25, -0.2) is 5.06 Å².